The third kappa shape index (κ3) is 6.32. The molecule has 0 aromatic carbocycles. The average molecular weight is 392 g/mol. The van der Waals surface area contributed by atoms with E-state index in [1.807, 2.05) is 20.8 Å². The number of aromatic nitrogens is 2. The molecule has 0 N–H and O–H groups in total. The summed E-state index contributed by atoms with van der Waals surface area (Å²) in [6.45, 7) is 11.2. The van der Waals surface area contributed by atoms with Gasteiger partial charge in [0.1, 0.15) is 17.0 Å². The highest BCUT2D eigenvalue weighted by Crippen LogP contribution is 2.33. The normalized spacial score (nSPS) is 11.8. The third-order valence-electron chi connectivity index (χ3n) is 2.89. The lowest BCUT2D eigenvalue weighted by atomic mass is 9.84. The molecule has 1 rings (SSSR count). The Morgan fingerprint density at radius 2 is 1.72 bits per heavy atom. The van der Waals surface area contributed by atoms with E-state index in [0.717, 1.165) is 6.33 Å². The molecule has 0 saturated carbocycles. The van der Waals surface area contributed by atoms with Crippen molar-refractivity contribution in [3.8, 4) is 0 Å². The van der Waals surface area contributed by atoms with Crippen LogP contribution in [0.25, 0.3) is 0 Å². The SMILES string of the molecule is CCOC(=O)N(C(=O)OC(C)(C)CC(C)(C)C)c1ncnc(Cl)c1Cl. The summed E-state index contributed by atoms with van der Waals surface area (Å²) in [5.41, 5.74) is -0.919. The van der Waals surface area contributed by atoms with Crippen LogP contribution in [-0.4, -0.2) is 34.4 Å². The van der Waals surface area contributed by atoms with Crippen LogP contribution in [0.4, 0.5) is 15.4 Å². The summed E-state index contributed by atoms with van der Waals surface area (Å²) in [5, 5.41) is -0.245. The number of hydrogen-bond acceptors (Lipinski definition) is 6. The number of carbonyl (C=O) groups excluding carboxylic acids is 2. The van der Waals surface area contributed by atoms with E-state index in [0.29, 0.717) is 11.3 Å². The first kappa shape index (κ1) is 21.4. The van der Waals surface area contributed by atoms with Crippen LogP contribution in [0.2, 0.25) is 10.2 Å². The summed E-state index contributed by atoms with van der Waals surface area (Å²) < 4.78 is 10.4. The van der Waals surface area contributed by atoms with Crippen LogP contribution in [0.5, 0.6) is 0 Å². The van der Waals surface area contributed by atoms with Gasteiger partial charge in [0.05, 0.1) is 6.61 Å². The van der Waals surface area contributed by atoms with Gasteiger partial charge in [-0.3, -0.25) is 0 Å². The monoisotopic (exact) mass is 391 g/mol. The van der Waals surface area contributed by atoms with Crippen LogP contribution < -0.4 is 4.90 Å². The Kier molecular flexibility index (Phi) is 7.02. The van der Waals surface area contributed by atoms with Crippen molar-refractivity contribution in [2.45, 2.75) is 53.6 Å². The standard InChI is InChI=1S/C16H23Cl2N3O4/c1-7-24-13(22)21(12-10(17)11(18)19-9-20-12)14(23)25-16(5,6)8-15(2,3)4/h9H,7-8H2,1-6H3. The molecule has 0 aliphatic rings. The molecule has 1 aromatic heterocycles. The van der Waals surface area contributed by atoms with Crippen molar-refractivity contribution in [1.82, 2.24) is 9.97 Å². The average Bonchev–Trinajstić information content (AvgIpc) is 2.40. The summed E-state index contributed by atoms with van der Waals surface area (Å²) in [7, 11) is 0. The summed E-state index contributed by atoms with van der Waals surface area (Å²) in [6, 6.07) is 0. The molecular weight excluding hydrogens is 369 g/mol. The lowest BCUT2D eigenvalue weighted by Gasteiger charge is -2.33. The van der Waals surface area contributed by atoms with Gasteiger partial charge in [0.25, 0.3) is 0 Å². The Morgan fingerprint density at radius 3 is 2.24 bits per heavy atom. The van der Waals surface area contributed by atoms with Crippen molar-refractivity contribution in [1.29, 1.82) is 0 Å². The molecule has 0 spiro atoms. The van der Waals surface area contributed by atoms with E-state index in [2.05, 4.69) is 9.97 Å². The van der Waals surface area contributed by atoms with E-state index in [1.165, 1.54) is 0 Å². The predicted molar refractivity (Wildman–Crippen MR) is 96.2 cm³/mol. The molecule has 2 amide bonds. The summed E-state index contributed by atoms with van der Waals surface area (Å²) in [5.74, 6) is -0.198. The number of hydrogen-bond donors (Lipinski definition) is 0. The van der Waals surface area contributed by atoms with E-state index in [9.17, 15) is 9.59 Å². The quantitative estimate of drug-likeness (QED) is 0.664. The highest BCUT2D eigenvalue weighted by atomic mass is 35.5. The van der Waals surface area contributed by atoms with Gasteiger partial charge in [-0.2, -0.15) is 4.90 Å². The molecule has 1 heterocycles. The fourth-order valence-electron chi connectivity index (χ4n) is 2.53. The van der Waals surface area contributed by atoms with Gasteiger partial charge in [0.2, 0.25) is 0 Å². The summed E-state index contributed by atoms with van der Waals surface area (Å²) in [6.07, 6.45) is -0.260. The van der Waals surface area contributed by atoms with E-state index < -0.39 is 17.8 Å². The maximum absolute atomic E-state index is 12.7. The fourth-order valence-corrected chi connectivity index (χ4v) is 2.84. The van der Waals surface area contributed by atoms with Gasteiger partial charge in [-0.1, -0.05) is 44.0 Å². The molecule has 0 bridgehead atoms. The second kappa shape index (κ2) is 8.19. The zero-order valence-electron chi connectivity index (χ0n) is 15.2. The minimum atomic E-state index is -0.962. The minimum Gasteiger partial charge on any atom is -0.449 e. The fraction of sp³-hybridized carbons (Fsp3) is 0.625. The predicted octanol–water partition coefficient (Wildman–Crippen LogP) is 5.10. The lowest BCUT2D eigenvalue weighted by molar-refractivity contribution is 0.0140. The van der Waals surface area contributed by atoms with E-state index in [-0.39, 0.29) is 28.0 Å². The van der Waals surface area contributed by atoms with Gasteiger partial charge in [-0.15, -0.1) is 0 Å². The number of ether oxygens (including phenoxy) is 2. The second-order valence-electron chi connectivity index (χ2n) is 7.20. The maximum Gasteiger partial charge on any atom is 0.425 e. The molecule has 0 radical (unpaired) electrons. The number of halogens is 2. The summed E-state index contributed by atoms with van der Waals surface area (Å²) >= 11 is 11.9. The number of carbonyl (C=O) groups is 2. The number of anilines is 1. The number of imide groups is 1. The van der Waals surface area contributed by atoms with Crippen molar-refractivity contribution in [3.63, 3.8) is 0 Å². The largest absolute Gasteiger partial charge is 0.449 e. The Bertz CT molecular complexity index is 645. The zero-order chi connectivity index (χ0) is 19.4. The smallest absolute Gasteiger partial charge is 0.425 e. The summed E-state index contributed by atoms with van der Waals surface area (Å²) in [4.78, 5) is 33.1. The van der Waals surface area contributed by atoms with Crippen LogP contribution in [0.15, 0.2) is 6.33 Å². The van der Waals surface area contributed by atoms with Crippen molar-refractivity contribution >= 4 is 41.2 Å². The Morgan fingerprint density at radius 1 is 1.12 bits per heavy atom. The molecule has 1 aromatic rings. The van der Waals surface area contributed by atoms with E-state index in [4.69, 9.17) is 32.7 Å². The van der Waals surface area contributed by atoms with Gasteiger partial charge in [-0.05, 0) is 32.6 Å². The van der Waals surface area contributed by atoms with Gasteiger partial charge >= 0.3 is 12.2 Å². The van der Waals surface area contributed by atoms with E-state index >= 15 is 0 Å². The first-order valence-corrected chi connectivity index (χ1v) is 8.49. The van der Waals surface area contributed by atoms with Crippen molar-refractivity contribution in [2.24, 2.45) is 5.41 Å². The van der Waals surface area contributed by atoms with Crippen LogP contribution in [0.1, 0.15) is 48.0 Å². The molecule has 25 heavy (non-hydrogen) atoms. The Labute approximate surface area is 157 Å². The van der Waals surface area contributed by atoms with Gasteiger partial charge in [0, 0.05) is 0 Å². The van der Waals surface area contributed by atoms with Gasteiger partial charge in [-0.25, -0.2) is 19.6 Å². The highest BCUT2D eigenvalue weighted by Gasteiger charge is 2.36. The van der Waals surface area contributed by atoms with Crippen LogP contribution >= 0.6 is 23.2 Å². The molecule has 7 nitrogen and oxygen atoms in total. The van der Waals surface area contributed by atoms with Crippen LogP contribution in [0, 0.1) is 5.41 Å². The Hall–Kier alpha value is -1.60. The number of amides is 2. The Balaban J connectivity index is 3.18. The van der Waals surface area contributed by atoms with Crippen LogP contribution in [-0.2, 0) is 9.47 Å². The minimum absolute atomic E-state index is 0.0600. The number of rotatable bonds is 4. The molecule has 0 unspecified atom stereocenters. The molecular formula is C16H23Cl2N3O4. The second-order valence-corrected chi connectivity index (χ2v) is 7.94. The van der Waals surface area contributed by atoms with Crippen LogP contribution in [0.3, 0.4) is 0 Å². The molecule has 0 saturated heterocycles. The molecule has 140 valence electrons. The zero-order valence-corrected chi connectivity index (χ0v) is 16.7. The van der Waals surface area contributed by atoms with Crippen molar-refractivity contribution < 1.29 is 19.1 Å². The topological polar surface area (TPSA) is 81.6 Å². The van der Waals surface area contributed by atoms with Crippen molar-refractivity contribution in [3.05, 3.63) is 16.5 Å². The molecule has 9 heteroatoms. The first-order chi connectivity index (χ1) is 11.4. The lowest BCUT2D eigenvalue weighted by Crippen LogP contribution is -2.44. The molecule has 0 aliphatic heterocycles. The van der Waals surface area contributed by atoms with Crippen molar-refractivity contribution in [2.75, 3.05) is 11.5 Å². The maximum atomic E-state index is 12.7. The highest BCUT2D eigenvalue weighted by molar-refractivity contribution is 6.43. The van der Waals surface area contributed by atoms with Gasteiger partial charge < -0.3 is 9.47 Å². The third-order valence-corrected chi connectivity index (χ3v) is 3.62. The number of nitrogens with zero attached hydrogens (tertiary/aromatic N) is 3. The molecule has 0 aliphatic carbocycles. The van der Waals surface area contributed by atoms with E-state index in [1.54, 1.807) is 20.8 Å². The first-order valence-electron chi connectivity index (χ1n) is 7.74. The molecule has 0 fully saturated rings. The molecule has 0 atom stereocenters. The van der Waals surface area contributed by atoms with Gasteiger partial charge in [0.15, 0.2) is 11.0 Å².